The van der Waals surface area contributed by atoms with Crippen LogP contribution >= 0.6 is 0 Å². The smallest absolute Gasteiger partial charge is 0.309 e. The number of amides is 1. The summed E-state index contributed by atoms with van der Waals surface area (Å²) in [6.07, 6.45) is -2.51. The molecule has 1 aliphatic rings. The standard InChI is InChI=1S/C15H14F3N3O/c1-2-21-8-12-11(7-13(22)19-14(12)20-21)9-4-3-5-10(6-9)15(16,17)18/h3-6,8,11H,2,7H2,1H3,(H,19,20,22). The Hall–Kier alpha value is -2.31. The van der Waals surface area contributed by atoms with Crippen LogP contribution in [-0.4, -0.2) is 15.7 Å². The molecule has 22 heavy (non-hydrogen) atoms. The monoisotopic (exact) mass is 309 g/mol. The molecule has 0 bridgehead atoms. The fourth-order valence-corrected chi connectivity index (χ4v) is 2.66. The van der Waals surface area contributed by atoms with E-state index in [1.807, 2.05) is 6.92 Å². The van der Waals surface area contributed by atoms with Crippen LogP contribution in [0.2, 0.25) is 0 Å². The van der Waals surface area contributed by atoms with Crippen molar-refractivity contribution < 1.29 is 18.0 Å². The fourth-order valence-electron chi connectivity index (χ4n) is 2.66. The van der Waals surface area contributed by atoms with E-state index in [1.165, 1.54) is 6.07 Å². The van der Waals surface area contributed by atoms with Crippen molar-refractivity contribution in [2.75, 3.05) is 5.32 Å². The molecule has 1 N–H and O–H groups in total. The number of fused-ring (bicyclic) bond motifs is 1. The zero-order valence-corrected chi connectivity index (χ0v) is 11.8. The highest BCUT2D eigenvalue weighted by Crippen LogP contribution is 2.38. The van der Waals surface area contributed by atoms with E-state index in [1.54, 1.807) is 16.9 Å². The number of rotatable bonds is 2. The van der Waals surface area contributed by atoms with Crippen LogP contribution in [0.15, 0.2) is 30.5 Å². The Morgan fingerprint density at radius 1 is 1.41 bits per heavy atom. The molecule has 1 aromatic heterocycles. The van der Waals surface area contributed by atoms with Gasteiger partial charge < -0.3 is 5.32 Å². The van der Waals surface area contributed by atoms with E-state index in [0.717, 1.165) is 17.7 Å². The van der Waals surface area contributed by atoms with Gasteiger partial charge in [0.15, 0.2) is 5.82 Å². The van der Waals surface area contributed by atoms with Crippen LogP contribution in [0.1, 0.15) is 36.0 Å². The molecule has 0 spiro atoms. The minimum Gasteiger partial charge on any atom is -0.309 e. The average molecular weight is 309 g/mol. The Bertz CT molecular complexity index is 721. The molecule has 0 radical (unpaired) electrons. The van der Waals surface area contributed by atoms with Crippen molar-refractivity contribution in [3.63, 3.8) is 0 Å². The van der Waals surface area contributed by atoms with Crippen LogP contribution in [0, 0.1) is 0 Å². The van der Waals surface area contributed by atoms with Crippen molar-refractivity contribution >= 4 is 11.7 Å². The van der Waals surface area contributed by atoms with Crippen molar-refractivity contribution in [1.82, 2.24) is 9.78 Å². The Labute approximate surface area is 124 Å². The lowest BCUT2D eigenvalue weighted by atomic mass is 9.86. The van der Waals surface area contributed by atoms with Crippen LogP contribution in [0.3, 0.4) is 0 Å². The number of aromatic nitrogens is 2. The first-order valence-electron chi connectivity index (χ1n) is 6.93. The topological polar surface area (TPSA) is 46.9 Å². The molecule has 1 atom stereocenters. The molecule has 2 heterocycles. The van der Waals surface area contributed by atoms with Crippen molar-refractivity contribution in [3.05, 3.63) is 47.2 Å². The highest BCUT2D eigenvalue weighted by Gasteiger charge is 2.33. The maximum atomic E-state index is 12.9. The summed E-state index contributed by atoms with van der Waals surface area (Å²) >= 11 is 0. The minimum atomic E-state index is -4.40. The second-order valence-electron chi connectivity index (χ2n) is 5.22. The molecule has 7 heteroatoms. The van der Waals surface area contributed by atoms with Crippen LogP contribution in [0.4, 0.5) is 19.0 Å². The number of nitrogens with one attached hydrogen (secondary N) is 1. The number of benzene rings is 1. The summed E-state index contributed by atoms with van der Waals surface area (Å²) in [5.74, 6) is -0.219. The van der Waals surface area contributed by atoms with Gasteiger partial charge in [-0.3, -0.25) is 9.48 Å². The molecule has 4 nitrogen and oxygen atoms in total. The summed E-state index contributed by atoms with van der Waals surface area (Å²) in [4.78, 5) is 11.8. The lowest BCUT2D eigenvalue weighted by molar-refractivity contribution is -0.137. The molecule has 1 aromatic carbocycles. The first-order chi connectivity index (χ1) is 10.4. The number of halogens is 3. The number of carbonyl (C=O) groups excluding carboxylic acids is 1. The summed E-state index contributed by atoms with van der Waals surface area (Å²) in [5, 5.41) is 6.90. The third-order valence-electron chi connectivity index (χ3n) is 3.75. The van der Waals surface area contributed by atoms with E-state index >= 15 is 0 Å². The van der Waals surface area contributed by atoms with Gasteiger partial charge in [-0.1, -0.05) is 18.2 Å². The lowest BCUT2D eigenvalue weighted by Crippen LogP contribution is -2.23. The summed E-state index contributed by atoms with van der Waals surface area (Å²) in [7, 11) is 0. The Morgan fingerprint density at radius 2 is 2.18 bits per heavy atom. The Balaban J connectivity index is 2.05. The van der Waals surface area contributed by atoms with Gasteiger partial charge in [-0.05, 0) is 18.6 Å². The van der Waals surface area contributed by atoms with Gasteiger partial charge >= 0.3 is 6.18 Å². The first kappa shape index (κ1) is 14.6. The van der Waals surface area contributed by atoms with Gasteiger partial charge in [-0.15, -0.1) is 0 Å². The summed E-state index contributed by atoms with van der Waals surface area (Å²) in [5.41, 5.74) is 0.516. The summed E-state index contributed by atoms with van der Waals surface area (Å²) in [6, 6.07) is 5.12. The van der Waals surface area contributed by atoms with Gasteiger partial charge in [0, 0.05) is 30.6 Å². The van der Waals surface area contributed by atoms with E-state index in [-0.39, 0.29) is 12.3 Å². The van der Waals surface area contributed by atoms with Gasteiger partial charge in [0.1, 0.15) is 0 Å². The molecular formula is C15H14F3N3O. The maximum Gasteiger partial charge on any atom is 0.416 e. The zero-order valence-electron chi connectivity index (χ0n) is 11.8. The second kappa shape index (κ2) is 5.15. The number of anilines is 1. The first-order valence-corrected chi connectivity index (χ1v) is 6.93. The highest BCUT2D eigenvalue weighted by atomic mass is 19.4. The molecule has 0 aliphatic carbocycles. The lowest BCUT2D eigenvalue weighted by Gasteiger charge is -2.22. The van der Waals surface area contributed by atoms with E-state index in [9.17, 15) is 18.0 Å². The number of carbonyl (C=O) groups is 1. The van der Waals surface area contributed by atoms with Crippen LogP contribution in [-0.2, 0) is 17.5 Å². The normalized spacial score (nSPS) is 18.0. The molecule has 0 saturated heterocycles. The van der Waals surface area contributed by atoms with Crippen molar-refractivity contribution in [3.8, 4) is 0 Å². The largest absolute Gasteiger partial charge is 0.416 e. The molecule has 1 aliphatic heterocycles. The fraction of sp³-hybridized carbons (Fsp3) is 0.333. The van der Waals surface area contributed by atoms with Gasteiger partial charge in [0.2, 0.25) is 5.91 Å². The van der Waals surface area contributed by atoms with Crippen molar-refractivity contribution in [1.29, 1.82) is 0 Å². The minimum absolute atomic E-state index is 0.115. The highest BCUT2D eigenvalue weighted by molar-refractivity contribution is 5.94. The number of alkyl halides is 3. The number of aryl methyl sites for hydroxylation is 1. The molecular weight excluding hydrogens is 295 g/mol. The molecule has 1 amide bonds. The summed E-state index contributed by atoms with van der Waals surface area (Å²) < 4.78 is 40.3. The number of nitrogens with zero attached hydrogens (tertiary/aromatic N) is 2. The van der Waals surface area contributed by atoms with Crippen LogP contribution in [0.5, 0.6) is 0 Å². The third kappa shape index (κ3) is 2.58. The predicted molar refractivity (Wildman–Crippen MR) is 74.4 cm³/mol. The predicted octanol–water partition coefficient (Wildman–Crippen LogP) is 3.40. The number of hydrogen-bond acceptors (Lipinski definition) is 2. The van der Waals surface area contributed by atoms with Crippen molar-refractivity contribution in [2.24, 2.45) is 0 Å². The maximum absolute atomic E-state index is 12.9. The van der Waals surface area contributed by atoms with E-state index < -0.39 is 17.7 Å². The third-order valence-corrected chi connectivity index (χ3v) is 3.75. The number of hydrogen-bond donors (Lipinski definition) is 1. The van der Waals surface area contributed by atoms with E-state index in [2.05, 4.69) is 10.4 Å². The zero-order chi connectivity index (χ0) is 15.9. The van der Waals surface area contributed by atoms with Gasteiger partial charge in [0.25, 0.3) is 0 Å². The van der Waals surface area contributed by atoms with Gasteiger partial charge in [0.05, 0.1) is 5.56 Å². The second-order valence-corrected chi connectivity index (χ2v) is 5.22. The molecule has 3 rings (SSSR count). The molecule has 0 saturated carbocycles. The SMILES string of the molecule is CCn1cc2c(n1)NC(=O)CC2c1cccc(C(F)(F)F)c1. The summed E-state index contributed by atoms with van der Waals surface area (Å²) in [6.45, 7) is 2.53. The van der Waals surface area contributed by atoms with Gasteiger partial charge in [-0.25, -0.2) is 0 Å². The molecule has 116 valence electrons. The molecule has 1 unspecified atom stereocenters. The van der Waals surface area contributed by atoms with E-state index in [0.29, 0.717) is 17.9 Å². The molecule has 2 aromatic rings. The Morgan fingerprint density at radius 3 is 2.86 bits per heavy atom. The van der Waals surface area contributed by atoms with E-state index in [4.69, 9.17) is 0 Å². The van der Waals surface area contributed by atoms with Gasteiger partial charge in [-0.2, -0.15) is 18.3 Å². The van der Waals surface area contributed by atoms with Crippen LogP contribution < -0.4 is 5.32 Å². The quantitative estimate of drug-likeness (QED) is 0.924. The van der Waals surface area contributed by atoms with Crippen LogP contribution in [0.25, 0.3) is 0 Å². The molecule has 0 fully saturated rings. The van der Waals surface area contributed by atoms with Crippen molar-refractivity contribution in [2.45, 2.75) is 32.0 Å². The average Bonchev–Trinajstić information content (AvgIpc) is 2.88. The Kier molecular flexibility index (Phi) is 3.42.